The molecule has 1 saturated carbocycles. The summed E-state index contributed by atoms with van der Waals surface area (Å²) in [6.07, 6.45) is 5.02. The van der Waals surface area contributed by atoms with E-state index in [1.165, 1.54) is 19.3 Å². The molecule has 1 aliphatic carbocycles. The third-order valence-electron chi connectivity index (χ3n) is 4.39. The molecule has 2 N–H and O–H groups in total. The first-order chi connectivity index (χ1) is 7.03. The van der Waals surface area contributed by atoms with Crippen molar-refractivity contribution in [2.75, 3.05) is 13.1 Å². The normalized spacial score (nSPS) is 33.8. The maximum atomic E-state index is 6.02. The van der Waals surface area contributed by atoms with Crippen molar-refractivity contribution in [1.29, 1.82) is 0 Å². The minimum atomic E-state index is 0.229. The van der Waals surface area contributed by atoms with Crippen LogP contribution in [0.4, 0.5) is 0 Å². The van der Waals surface area contributed by atoms with Crippen LogP contribution in [0.15, 0.2) is 4.99 Å². The Morgan fingerprint density at radius 2 is 2.13 bits per heavy atom. The molecule has 2 aliphatic rings. The summed E-state index contributed by atoms with van der Waals surface area (Å²) in [6.45, 7) is 8.92. The Bertz CT molecular complexity index is 283. The first-order valence-corrected chi connectivity index (χ1v) is 6.11. The molecule has 15 heavy (non-hydrogen) atoms. The van der Waals surface area contributed by atoms with Crippen LogP contribution in [0, 0.1) is 5.41 Å². The van der Waals surface area contributed by atoms with Gasteiger partial charge in [-0.15, -0.1) is 0 Å². The molecule has 0 aromatic carbocycles. The lowest BCUT2D eigenvalue weighted by Crippen LogP contribution is -2.57. The van der Waals surface area contributed by atoms with Crippen LogP contribution in [0.3, 0.4) is 0 Å². The highest BCUT2D eigenvalue weighted by Gasteiger charge is 2.55. The highest BCUT2D eigenvalue weighted by molar-refractivity contribution is 5.81. The Labute approximate surface area is 92.7 Å². The zero-order valence-corrected chi connectivity index (χ0v) is 10.2. The largest absolute Gasteiger partial charge is 0.370 e. The third-order valence-corrected chi connectivity index (χ3v) is 4.39. The predicted molar refractivity (Wildman–Crippen MR) is 63.8 cm³/mol. The monoisotopic (exact) mass is 209 g/mol. The minimum absolute atomic E-state index is 0.229. The van der Waals surface area contributed by atoms with E-state index in [1.54, 1.807) is 0 Å². The number of hydrogen-bond acceptors (Lipinski definition) is 3. The Balaban J connectivity index is 2.29. The number of aliphatic imine (C=N–C) groups is 1. The lowest BCUT2D eigenvalue weighted by Gasteiger charge is -2.45. The van der Waals surface area contributed by atoms with Crippen LogP contribution in [-0.4, -0.2) is 29.5 Å². The van der Waals surface area contributed by atoms with E-state index in [2.05, 4.69) is 30.7 Å². The van der Waals surface area contributed by atoms with Crippen molar-refractivity contribution in [1.82, 2.24) is 4.90 Å². The standard InChI is InChI=1S/C12H23N3/c1-4-8-15-10(13)14-9-12(15)7-5-6-11(12,2)3/h4-9H2,1-3H3,(H2,13,14). The van der Waals surface area contributed by atoms with Gasteiger partial charge in [0.05, 0.1) is 12.1 Å². The van der Waals surface area contributed by atoms with Gasteiger partial charge in [0.15, 0.2) is 5.96 Å². The topological polar surface area (TPSA) is 41.6 Å². The van der Waals surface area contributed by atoms with E-state index in [9.17, 15) is 0 Å². The Kier molecular flexibility index (Phi) is 2.44. The molecule has 1 heterocycles. The van der Waals surface area contributed by atoms with Crippen molar-refractivity contribution >= 4 is 5.96 Å². The predicted octanol–water partition coefficient (Wildman–Crippen LogP) is 1.98. The summed E-state index contributed by atoms with van der Waals surface area (Å²) in [7, 11) is 0. The average molecular weight is 209 g/mol. The van der Waals surface area contributed by atoms with E-state index in [4.69, 9.17) is 5.73 Å². The van der Waals surface area contributed by atoms with Crippen molar-refractivity contribution in [3.8, 4) is 0 Å². The van der Waals surface area contributed by atoms with Crippen LogP contribution in [0.5, 0.6) is 0 Å². The molecule has 0 aromatic rings. The molecule has 86 valence electrons. The molecule has 0 radical (unpaired) electrons. The molecule has 3 nitrogen and oxygen atoms in total. The highest BCUT2D eigenvalue weighted by atomic mass is 15.4. The lowest BCUT2D eigenvalue weighted by molar-refractivity contribution is 0.0836. The second-order valence-electron chi connectivity index (χ2n) is 5.60. The van der Waals surface area contributed by atoms with Gasteiger partial charge in [0.25, 0.3) is 0 Å². The quantitative estimate of drug-likeness (QED) is 0.755. The maximum Gasteiger partial charge on any atom is 0.191 e. The SMILES string of the molecule is CCCN1C(N)=NCC12CCCC2(C)C. The fraction of sp³-hybridized carbons (Fsp3) is 0.917. The molecule has 1 aliphatic heterocycles. The molecule has 0 bridgehead atoms. The summed E-state index contributed by atoms with van der Waals surface area (Å²) in [5.41, 5.74) is 6.60. The molecule has 3 heteroatoms. The van der Waals surface area contributed by atoms with Crippen LogP contribution >= 0.6 is 0 Å². The van der Waals surface area contributed by atoms with Crippen LogP contribution in [-0.2, 0) is 0 Å². The summed E-state index contributed by atoms with van der Waals surface area (Å²) in [5, 5.41) is 0. The highest BCUT2D eigenvalue weighted by Crippen LogP contribution is 2.51. The van der Waals surface area contributed by atoms with Crippen molar-refractivity contribution in [2.45, 2.75) is 52.0 Å². The van der Waals surface area contributed by atoms with Gasteiger partial charge in [0, 0.05) is 6.54 Å². The fourth-order valence-electron chi connectivity index (χ4n) is 3.34. The van der Waals surface area contributed by atoms with Gasteiger partial charge in [-0.2, -0.15) is 0 Å². The van der Waals surface area contributed by atoms with E-state index in [1.807, 2.05) is 0 Å². The molecular formula is C12H23N3. The number of rotatable bonds is 2. The number of hydrogen-bond donors (Lipinski definition) is 1. The molecule has 0 aromatic heterocycles. The number of nitrogens with zero attached hydrogens (tertiary/aromatic N) is 2. The first-order valence-electron chi connectivity index (χ1n) is 6.11. The number of guanidine groups is 1. The van der Waals surface area contributed by atoms with Gasteiger partial charge in [-0.1, -0.05) is 27.2 Å². The second kappa shape index (κ2) is 3.39. The van der Waals surface area contributed by atoms with Gasteiger partial charge in [-0.3, -0.25) is 4.99 Å². The Morgan fingerprint density at radius 1 is 1.40 bits per heavy atom. The van der Waals surface area contributed by atoms with Crippen molar-refractivity contribution in [3.63, 3.8) is 0 Å². The van der Waals surface area contributed by atoms with Crippen molar-refractivity contribution in [3.05, 3.63) is 0 Å². The van der Waals surface area contributed by atoms with Gasteiger partial charge in [0.1, 0.15) is 0 Å². The summed E-state index contributed by atoms with van der Waals surface area (Å²) < 4.78 is 0. The third kappa shape index (κ3) is 1.35. The smallest absolute Gasteiger partial charge is 0.191 e. The van der Waals surface area contributed by atoms with Crippen LogP contribution < -0.4 is 5.73 Å². The maximum absolute atomic E-state index is 6.02. The van der Waals surface area contributed by atoms with E-state index in [-0.39, 0.29) is 5.54 Å². The molecule has 1 spiro atoms. The minimum Gasteiger partial charge on any atom is -0.370 e. The summed E-state index contributed by atoms with van der Waals surface area (Å²) in [6, 6.07) is 0. The summed E-state index contributed by atoms with van der Waals surface area (Å²) in [5.74, 6) is 0.770. The molecule has 0 amide bonds. The summed E-state index contributed by atoms with van der Waals surface area (Å²) in [4.78, 5) is 6.86. The molecule has 2 rings (SSSR count). The van der Waals surface area contributed by atoms with Gasteiger partial charge >= 0.3 is 0 Å². The van der Waals surface area contributed by atoms with Crippen LogP contribution in [0.25, 0.3) is 0 Å². The molecular weight excluding hydrogens is 186 g/mol. The van der Waals surface area contributed by atoms with Gasteiger partial charge in [-0.25, -0.2) is 0 Å². The summed E-state index contributed by atoms with van der Waals surface area (Å²) >= 11 is 0. The number of nitrogens with two attached hydrogens (primary N) is 1. The molecule has 0 saturated heterocycles. The van der Waals surface area contributed by atoms with E-state index < -0.39 is 0 Å². The van der Waals surface area contributed by atoms with Crippen LogP contribution in [0.1, 0.15) is 46.5 Å². The fourth-order valence-corrected chi connectivity index (χ4v) is 3.34. The van der Waals surface area contributed by atoms with Gasteiger partial charge < -0.3 is 10.6 Å². The Morgan fingerprint density at radius 3 is 2.67 bits per heavy atom. The van der Waals surface area contributed by atoms with E-state index in [0.717, 1.165) is 25.5 Å². The average Bonchev–Trinajstić information content (AvgIpc) is 2.63. The molecule has 1 fully saturated rings. The zero-order valence-electron chi connectivity index (χ0n) is 10.2. The van der Waals surface area contributed by atoms with Gasteiger partial charge in [-0.05, 0) is 24.7 Å². The van der Waals surface area contributed by atoms with Crippen molar-refractivity contribution in [2.24, 2.45) is 16.1 Å². The first kappa shape index (κ1) is 10.8. The van der Waals surface area contributed by atoms with Gasteiger partial charge in [0.2, 0.25) is 0 Å². The molecule has 1 unspecified atom stereocenters. The van der Waals surface area contributed by atoms with E-state index >= 15 is 0 Å². The van der Waals surface area contributed by atoms with E-state index in [0.29, 0.717) is 5.41 Å². The second-order valence-corrected chi connectivity index (χ2v) is 5.60. The Hall–Kier alpha value is -0.730. The molecule has 1 atom stereocenters. The zero-order chi connectivity index (χ0) is 11.1. The lowest BCUT2D eigenvalue weighted by atomic mass is 9.74. The van der Waals surface area contributed by atoms with Crippen LogP contribution in [0.2, 0.25) is 0 Å². The van der Waals surface area contributed by atoms with Crippen molar-refractivity contribution < 1.29 is 0 Å².